The second-order valence-corrected chi connectivity index (χ2v) is 6.23. The molecule has 0 aliphatic carbocycles. The van der Waals surface area contributed by atoms with Crippen molar-refractivity contribution in [2.45, 2.75) is 20.0 Å². The number of methoxy groups -OCH3 is 1. The van der Waals surface area contributed by atoms with Gasteiger partial charge in [0.2, 0.25) is 0 Å². The van der Waals surface area contributed by atoms with Crippen LogP contribution >= 0.6 is 35.6 Å². The number of nitrogens with one attached hydrogen (secondary N) is 1. The molecule has 0 amide bonds. The molecule has 0 aliphatic heterocycles. The molecule has 2 rings (SSSR count). The Labute approximate surface area is 177 Å². The van der Waals surface area contributed by atoms with E-state index in [1.54, 1.807) is 19.2 Å². The second-order valence-electron chi connectivity index (χ2n) is 5.83. The number of ether oxygens (including phenoxy) is 1. The highest BCUT2D eigenvalue weighted by molar-refractivity contribution is 14.0. The van der Waals surface area contributed by atoms with Crippen molar-refractivity contribution in [2.75, 3.05) is 26.0 Å². The summed E-state index contributed by atoms with van der Waals surface area (Å²) in [7, 11) is 3.68. The largest absolute Gasteiger partial charge is 0.495 e. The van der Waals surface area contributed by atoms with Crippen LogP contribution in [-0.4, -0.2) is 31.6 Å². The van der Waals surface area contributed by atoms with Crippen LogP contribution in [0, 0.1) is 0 Å². The van der Waals surface area contributed by atoms with Gasteiger partial charge in [0.1, 0.15) is 5.75 Å². The number of nitrogens with two attached hydrogens (primary N) is 1. The van der Waals surface area contributed by atoms with Crippen molar-refractivity contribution >= 4 is 47.2 Å². The Morgan fingerprint density at radius 2 is 1.96 bits per heavy atom. The van der Waals surface area contributed by atoms with Crippen LogP contribution in [0.3, 0.4) is 0 Å². The molecular weight excluding hydrogens is 463 g/mol. The summed E-state index contributed by atoms with van der Waals surface area (Å²) >= 11 is 6.11. The van der Waals surface area contributed by atoms with E-state index < -0.39 is 0 Å². The van der Waals surface area contributed by atoms with Crippen LogP contribution in [0.15, 0.2) is 47.5 Å². The van der Waals surface area contributed by atoms with Gasteiger partial charge in [0.25, 0.3) is 0 Å². The van der Waals surface area contributed by atoms with Crippen LogP contribution in [0.4, 0.5) is 5.69 Å². The van der Waals surface area contributed by atoms with Crippen LogP contribution in [0.2, 0.25) is 5.02 Å². The SMILES string of the molecule is CCN(C)Cc1cccc(CN=C(N)Nc2ccc(OC)c(Cl)c2)c1.I. The summed E-state index contributed by atoms with van der Waals surface area (Å²) in [6.07, 6.45) is 0. The number of nitrogens with zero attached hydrogens (tertiary/aromatic N) is 2. The predicted octanol–water partition coefficient (Wildman–Crippen LogP) is 4.35. The summed E-state index contributed by atoms with van der Waals surface area (Å²) in [6.45, 7) is 4.61. The van der Waals surface area contributed by atoms with E-state index in [-0.39, 0.29) is 24.0 Å². The zero-order valence-electron chi connectivity index (χ0n) is 15.3. The summed E-state index contributed by atoms with van der Waals surface area (Å²) in [5.74, 6) is 0.967. The molecule has 2 aromatic rings. The van der Waals surface area contributed by atoms with Gasteiger partial charge in [-0.05, 0) is 42.9 Å². The van der Waals surface area contributed by atoms with Crippen LogP contribution in [0.25, 0.3) is 0 Å². The summed E-state index contributed by atoms with van der Waals surface area (Å²) < 4.78 is 5.13. The number of anilines is 1. The van der Waals surface area contributed by atoms with Crippen LogP contribution in [-0.2, 0) is 13.1 Å². The molecule has 2 aromatic carbocycles. The molecule has 0 heterocycles. The van der Waals surface area contributed by atoms with Gasteiger partial charge in [-0.3, -0.25) is 0 Å². The first-order chi connectivity index (χ1) is 12.0. The zero-order chi connectivity index (χ0) is 18.2. The number of guanidine groups is 1. The van der Waals surface area contributed by atoms with Crippen molar-refractivity contribution in [2.24, 2.45) is 10.7 Å². The van der Waals surface area contributed by atoms with E-state index in [0.717, 1.165) is 24.3 Å². The molecule has 0 atom stereocenters. The van der Waals surface area contributed by atoms with Crippen molar-refractivity contribution in [3.63, 3.8) is 0 Å². The Bertz CT molecular complexity index is 739. The van der Waals surface area contributed by atoms with Gasteiger partial charge < -0.3 is 20.7 Å². The number of rotatable bonds is 7. The minimum absolute atomic E-state index is 0. The summed E-state index contributed by atoms with van der Waals surface area (Å²) in [4.78, 5) is 6.65. The lowest BCUT2D eigenvalue weighted by atomic mass is 10.1. The van der Waals surface area contributed by atoms with Gasteiger partial charge in [0.15, 0.2) is 5.96 Å². The van der Waals surface area contributed by atoms with E-state index in [4.69, 9.17) is 22.1 Å². The molecule has 0 fully saturated rings. The van der Waals surface area contributed by atoms with Crippen LogP contribution < -0.4 is 15.8 Å². The van der Waals surface area contributed by atoms with E-state index in [1.165, 1.54) is 5.56 Å². The standard InChI is InChI=1S/C19H25ClN4O.HI/c1-4-24(2)13-15-7-5-6-14(10-15)12-22-19(21)23-16-8-9-18(25-3)17(20)11-16;/h5-11H,4,12-13H2,1-3H3,(H3,21,22,23);1H. The minimum Gasteiger partial charge on any atom is -0.495 e. The average molecular weight is 489 g/mol. The van der Waals surface area contributed by atoms with Gasteiger partial charge >= 0.3 is 0 Å². The van der Waals surface area contributed by atoms with Crippen LogP contribution in [0.5, 0.6) is 5.75 Å². The number of hydrogen-bond acceptors (Lipinski definition) is 3. The summed E-state index contributed by atoms with van der Waals surface area (Å²) in [6, 6.07) is 13.8. The lowest BCUT2D eigenvalue weighted by Gasteiger charge is -2.14. The molecule has 0 unspecified atom stereocenters. The molecule has 7 heteroatoms. The normalized spacial score (nSPS) is 11.2. The van der Waals surface area contributed by atoms with Crippen molar-refractivity contribution in [1.29, 1.82) is 0 Å². The first-order valence-corrected chi connectivity index (χ1v) is 8.56. The molecule has 0 radical (unpaired) electrons. The monoisotopic (exact) mass is 488 g/mol. The number of hydrogen-bond donors (Lipinski definition) is 2. The molecule has 5 nitrogen and oxygen atoms in total. The highest BCUT2D eigenvalue weighted by Gasteiger charge is 2.03. The van der Waals surface area contributed by atoms with E-state index in [0.29, 0.717) is 23.3 Å². The van der Waals surface area contributed by atoms with E-state index in [9.17, 15) is 0 Å². The lowest BCUT2D eigenvalue weighted by Crippen LogP contribution is -2.22. The quantitative estimate of drug-likeness (QED) is 0.346. The van der Waals surface area contributed by atoms with Gasteiger partial charge in [0, 0.05) is 12.2 Å². The Morgan fingerprint density at radius 1 is 1.23 bits per heavy atom. The van der Waals surface area contributed by atoms with E-state index >= 15 is 0 Å². The predicted molar refractivity (Wildman–Crippen MR) is 121 cm³/mol. The third-order valence-corrected chi connectivity index (χ3v) is 4.14. The maximum absolute atomic E-state index is 6.11. The van der Waals surface area contributed by atoms with Gasteiger partial charge in [0.05, 0.1) is 18.7 Å². The molecular formula is C19H26ClIN4O. The van der Waals surface area contributed by atoms with Crippen molar-refractivity contribution in [1.82, 2.24) is 4.90 Å². The fraction of sp³-hybridized carbons (Fsp3) is 0.316. The highest BCUT2D eigenvalue weighted by Crippen LogP contribution is 2.27. The van der Waals surface area contributed by atoms with E-state index in [1.807, 2.05) is 6.07 Å². The molecule has 0 aromatic heterocycles. The second kappa shape index (κ2) is 11.3. The lowest BCUT2D eigenvalue weighted by molar-refractivity contribution is 0.345. The average Bonchev–Trinajstić information content (AvgIpc) is 2.60. The number of aliphatic imine (C=N–C) groups is 1. The number of halogens is 2. The fourth-order valence-corrected chi connectivity index (χ4v) is 2.62. The molecule has 0 bridgehead atoms. The van der Waals surface area contributed by atoms with Gasteiger partial charge in [-0.25, -0.2) is 4.99 Å². The molecule has 26 heavy (non-hydrogen) atoms. The molecule has 142 valence electrons. The maximum atomic E-state index is 6.11. The Balaban J connectivity index is 0.00000338. The molecule has 0 saturated carbocycles. The van der Waals surface area contributed by atoms with Crippen molar-refractivity contribution < 1.29 is 4.74 Å². The van der Waals surface area contributed by atoms with Crippen molar-refractivity contribution in [3.05, 3.63) is 58.6 Å². The van der Waals surface area contributed by atoms with Crippen molar-refractivity contribution in [3.8, 4) is 5.75 Å². The zero-order valence-corrected chi connectivity index (χ0v) is 18.4. The summed E-state index contributed by atoms with van der Waals surface area (Å²) in [5.41, 5.74) is 9.13. The van der Waals surface area contributed by atoms with E-state index in [2.05, 4.69) is 53.4 Å². The van der Waals surface area contributed by atoms with Crippen LogP contribution in [0.1, 0.15) is 18.1 Å². The minimum atomic E-state index is 0. The smallest absolute Gasteiger partial charge is 0.193 e. The Morgan fingerprint density at radius 3 is 2.62 bits per heavy atom. The molecule has 0 saturated heterocycles. The third-order valence-electron chi connectivity index (χ3n) is 3.84. The first-order valence-electron chi connectivity index (χ1n) is 8.18. The fourth-order valence-electron chi connectivity index (χ4n) is 2.36. The maximum Gasteiger partial charge on any atom is 0.193 e. The first kappa shape index (κ1) is 22.5. The molecule has 0 aliphatic rings. The van der Waals surface area contributed by atoms with Gasteiger partial charge in [-0.15, -0.1) is 24.0 Å². The highest BCUT2D eigenvalue weighted by atomic mass is 127. The van der Waals surface area contributed by atoms with Gasteiger partial charge in [-0.1, -0.05) is 42.8 Å². The number of benzene rings is 2. The third kappa shape index (κ3) is 7.01. The molecule has 3 N–H and O–H groups in total. The Hall–Kier alpha value is -1.51. The van der Waals surface area contributed by atoms with Gasteiger partial charge in [-0.2, -0.15) is 0 Å². The molecule has 0 spiro atoms. The topological polar surface area (TPSA) is 62.9 Å². The summed E-state index contributed by atoms with van der Waals surface area (Å²) in [5, 5.41) is 3.56. The Kier molecular flexibility index (Phi) is 9.75.